The minimum absolute atomic E-state index is 0.242. The maximum atomic E-state index is 11.3. The van der Waals surface area contributed by atoms with Gasteiger partial charge in [0.2, 0.25) is 0 Å². The highest BCUT2D eigenvalue weighted by molar-refractivity contribution is 7.13. The van der Waals surface area contributed by atoms with E-state index in [0.29, 0.717) is 23.7 Å². The summed E-state index contributed by atoms with van der Waals surface area (Å²) in [5.74, 6) is -0.966. The zero-order chi connectivity index (χ0) is 15.2. The molecule has 0 bridgehead atoms. The Bertz CT molecular complexity index is 649. The van der Waals surface area contributed by atoms with E-state index in [9.17, 15) is 9.90 Å². The van der Waals surface area contributed by atoms with Gasteiger partial charge in [-0.15, -0.1) is 11.3 Å². The van der Waals surface area contributed by atoms with Gasteiger partial charge in [0.1, 0.15) is 4.88 Å². The third-order valence-electron chi connectivity index (χ3n) is 2.72. The zero-order valence-electron chi connectivity index (χ0n) is 11.4. The van der Waals surface area contributed by atoms with Crippen LogP contribution in [-0.2, 0) is 11.2 Å². The number of nitrogens with zero attached hydrogens (tertiary/aromatic N) is 1. The number of methoxy groups -OCH3 is 1. The number of carboxylic acid groups (broad SMARTS) is 1. The van der Waals surface area contributed by atoms with Crippen molar-refractivity contribution in [3.63, 3.8) is 0 Å². The van der Waals surface area contributed by atoms with Crippen molar-refractivity contribution >= 4 is 41.1 Å². The van der Waals surface area contributed by atoms with Gasteiger partial charge in [-0.3, -0.25) is 0 Å². The van der Waals surface area contributed by atoms with E-state index >= 15 is 0 Å². The highest BCUT2D eigenvalue weighted by atomic mass is 35.5. The Morgan fingerprint density at radius 3 is 2.71 bits per heavy atom. The summed E-state index contributed by atoms with van der Waals surface area (Å²) in [5.41, 5.74) is 1.40. The normalized spacial score (nSPS) is 11.1. The summed E-state index contributed by atoms with van der Waals surface area (Å²) < 4.78 is 4.98. The van der Waals surface area contributed by atoms with Crippen LogP contribution in [0.15, 0.2) is 24.3 Å². The van der Waals surface area contributed by atoms with Gasteiger partial charge < -0.3 is 9.84 Å². The second-order valence-electron chi connectivity index (χ2n) is 4.25. The summed E-state index contributed by atoms with van der Waals surface area (Å²) in [6, 6.07) is 7.28. The van der Waals surface area contributed by atoms with Gasteiger partial charge >= 0.3 is 5.97 Å². The molecular weight excluding hydrogens is 310 g/mol. The van der Waals surface area contributed by atoms with Crippen LogP contribution in [0.4, 0.5) is 0 Å². The van der Waals surface area contributed by atoms with Crippen LogP contribution in [-0.4, -0.2) is 29.8 Å². The number of hydrogen-bond acceptors (Lipinski definition) is 4. The van der Waals surface area contributed by atoms with Crippen LogP contribution in [0.25, 0.3) is 12.2 Å². The molecule has 1 aromatic heterocycles. The lowest BCUT2D eigenvalue weighted by atomic mass is 10.2. The molecule has 0 spiro atoms. The molecule has 0 atom stereocenters. The lowest BCUT2D eigenvalue weighted by molar-refractivity contribution is 0.0701. The summed E-state index contributed by atoms with van der Waals surface area (Å²) >= 11 is 7.01. The van der Waals surface area contributed by atoms with E-state index in [0.717, 1.165) is 10.6 Å². The Kier molecular flexibility index (Phi) is 5.50. The number of aromatic nitrogens is 1. The summed E-state index contributed by atoms with van der Waals surface area (Å²) in [7, 11) is 1.60. The quantitative estimate of drug-likeness (QED) is 0.877. The van der Waals surface area contributed by atoms with Crippen LogP contribution in [0, 0.1) is 0 Å². The van der Waals surface area contributed by atoms with Crippen molar-refractivity contribution in [2.24, 2.45) is 0 Å². The third kappa shape index (κ3) is 4.39. The lowest BCUT2D eigenvalue weighted by Gasteiger charge is -1.94. The smallest absolute Gasteiger partial charge is 0.348 e. The van der Waals surface area contributed by atoms with Gasteiger partial charge in [0.25, 0.3) is 0 Å². The molecule has 1 aromatic carbocycles. The molecule has 0 aliphatic rings. The molecule has 0 radical (unpaired) electrons. The van der Waals surface area contributed by atoms with Gasteiger partial charge in [-0.2, -0.15) is 0 Å². The number of carboxylic acids is 1. The predicted molar refractivity (Wildman–Crippen MR) is 85.0 cm³/mol. The Hall–Kier alpha value is -1.69. The van der Waals surface area contributed by atoms with E-state index in [-0.39, 0.29) is 4.88 Å². The van der Waals surface area contributed by atoms with E-state index in [2.05, 4.69) is 4.98 Å². The van der Waals surface area contributed by atoms with Crippen molar-refractivity contribution in [3.05, 3.63) is 50.4 Å². The number of hydrogen-bond donors (Lipinski definition) is 1. The fraction of sp³-hybridized carbons (Fsp3) is 0.200. The Morgan fingerprint density at radius 1 is 1.38 bits per heavy atom. The molecule has 0 amide bonds. The number of aromatic carboxylic acids is 1. The van der Waals surface area contributed by atoms with Crippen molar-refractivity contribution in [2.45, 2.75) is 6.42 Å². The molecule has 0 aliphatic heterocycles. The van der Waals surface area contributed by atoms with Crippen LogP contribution in [0.1, 0.15) is 25.9 Å². The molecule has 1 heterocycles. The molecule has 21 heavy (non-hydrogen) atoms. The molecule has 2 aromatic rings. The molecule has 1 N–H and O–H groups in total. The second kappa shape index (κ2) is 7.36. The molecule has 6 heteroatoms. The summed E-state index contributed by atoms with van der Waals surface area (Å²) in [5, 5.41) is 10.6. The van der Waals surface area contributed by atoms with Crippen molar-refractivity contribution < 1.29 is 14.6 Å². The van der Waals surface area contributed by atoms with Gasteiger partial charge in [-0.25, -0.2) is 9.78 Å². The largest absolute Gasteiger partial charge is 0.477 e. The van der Waals surface area contributed by atoms with Crippen molar-refractivity contribution in [1.82, 2.24) is 4.98 Å². The van der Waals surface area contributed by atoms with E-state index in [1.54, 1.807) is 25.3 Å². The Balaban J connectivity index is 2.23. The van der Waals surface area contributed by atoms with Gasteiger partial charge in [0.05, 0.1) is 17.3 Å². The minimum Gasteiger partial charge on any atom is -0.477 e. The zero-order valence-corrected chi connectivity index (χ0v) is 12.9. The fourth-order valence-corrected chi connectivity index (χ4v) is 2.69. The molecule has 4 nitrogen and oxygen atoms in total. The van der Waals surface area contributed by atoms with Gasteiger partial charge in [0.15, 0.2) is 0 Å². The molecule has 0 fully saturated rings. The first-order valence-corrected chi connectivity index (χ1v) is 7.45. The topological polar surface area (TPSA) is 59.4 Å². The number of halogens is 1. The molecular formula is C15H14ClNO3S. The molecule has 0 aliphatic carbocycles. The van der Waals surface area contributed by atoms with Crippen molar-refractivity contribution in [1.29, 1.82) is 0 Å². The van der Waals surface area contributed by atoms with E-state index in [4.69, 9.17) is 16.3 Å². The maximum Gasteiger partial charge on any atom is 0.348 e. The molecule has 0 saturated heterocycles. The van der Waals surface area contributed by atoms with Gasteiger partial charge in [-0.05, 0) is 23.8 Å². The average Bonchev–Trinajstić information content (AvgIpc) is 2.88. The van der Waals surface area contributed by atoms with Crippen molar-refractivity contribution in [2.75, 3.05) is 13.7 Å². The summed E-state index contributed by atoms with van der Waals surface area (Å²) in [6.45, 7) is 0.521. The average molecular weight is 324 g/mol. The van der Waals surface area contributed by atoms with Crippen LogP contribution in [0.3, 0.4) is 0 Å². The number of benzene rings is 1. The van der Waals surface area contributed by atoms with Crippen LogP contribution in [0.2, 0.25) is 5.02 Å². The Labute approximate surface area is 131 Å². The third-order valence-corrected chi connectivity index (χ3v) is 4.09. The van der Waals surface area contributed by atoms with E-state index in [1.165, 1.54) is 11.3 Å². The molecule has 0 unspecified atom stereocenters. The standard InChI is InChI=1S/C15H14ClNO3S/c1-20-9-8-13-17-12(14(21-13)15(18)19)7-4-10-2-5-11(16)6-3-10/h2-7H,8-9H2,1H3,(H,18,19)/b7-4+. The first-order valence-electron chi connectivity index (χ1n) is 6.25. The van der Waals surface area contributed by atoms with E-state index < -0.39 is 5.97 Å². The minimum atomic E-state index is -0.966. The van der Waals surface area contributed by atoms with Crippen molar-refractivity contribution in [3.8, 4) is 0 Å². The van der Waals surface area contributed by atoms with Crippen LogP contribution >= 0.6 is 22.9 Å². The molecule has 110 valence electrons. The molecule has 0 saturated carbocycles. The SMILES string of the molecule is COCCc1nc(/C=C/c2ccc(Cl)cc2)c(C(=O)O)s1. The highest BCUT2D eigenvalue weighted by Gasteiger charge is 2.15. The monoisotopic (exact) mass is 323 g/mol. The number of rotatable bonds is 6. The van der Waals surface area contributed by atoms with Crippen LogP contribution in [0.5, 0.6) is 0 Å². The summed E-state index contributed by atoms with van der Waals surface area (Å²) in [6.07, 6.45) is 4.13. The van der Waals surface area contributed by atoms with Gasteiger partial charge in [-0.1, -0.05) is 29.8 Å². The van der Waals surface area contributed by atoms with Crippen LogP contribution < -0.4 is 0 Å². The lowest BCUT2D eigenvalue weighted by Crippen LogP contribution is -1.94. The highest BCUT2D eigenvalue weighted by Crippen LogP contribution is 2.22. The fourth-order valence-electron chi connectivity index (χ4n) is 1.69. The molecule has 2 rings (SSSR count). The van der Waals surface area contributed by atoms with Gasteiger partial charge in [0, 0.05) is 18.6 Å². The number of carbonyl (C=O) groups is 1. The first kappa shape index (κ1) is 15.7. The second-order valence-corrected chi connectivity index (χ2v) is 5.77. The maximum absolute atomic E-state index is 11.3. The first-order chi connectivity index (χ1) is 10.1. The summed E-state index contributed by atoms with van der Waals surface area (Å²) in [4.78, 5) is 15.8. The van der Waals surface area contributed by atoms with E-state index in [1.807, 2.05) is 18.2 Å². The number of thiazole rings is 1. The number of ether oxygens (including phenoxy) is 1. The Morgan fingerprint density at radius 2 is 2.10 bits per heavy atom. The predicted octanol–water partition coefficient (Wildman–Crippen LogP) is 3.85.